The highest BCUT2D eigenvalue weighted by Gasteiger charge is 2.23. The number of amides is 1. The summed E-state index contributed by atoms with van der Waals surface area (Å²) in [7, 11) is 0. The number of carbonyl (C=O) groups is 1. The number of hydrogen-bond donors (Lipinski definition) is 1. The Balaban J connectivity index is 1.82. The Labute approximate surface area is 153 Å². The number of aliphatic imine (C=N–C) groups is 1. The molecule has 6 heteroatoms. The predicted molar refractivity (Wildman–Crippen MR) is 102 cm³/mol. The van der Waals surface area contributed by atoms with Gasteiger partial charge in [-0.2, -0.15) is 0 Å². The van der Waals surface area contributed by atoms with Crippen LogP contribution in [0.5, 0.6) is 0 Å². The zero-order valence-electron chi connectivity index (χ0n) is 16.3. The van der Waals surface area contributed by atoms with Crippen LogP contribution in [0.25, 0.3) is 0 Å². The lowest BCUT2D eigenvalue weighted by Crippen LogP contribution is -2.47. The van der Waals surface area contributed by atoms with E-state index >= 15 is 0 Å². The summed E-state index contributed by atoms with van der Waals surface area (Å²) in [4.78, 5) is 21.5. The summed E-state index contributed by atoms with van der Waals surface area (Å²) < 4.78 is 5.72. The number of likely N-dealkylation sites (tertiary alicyclic amines) is 2. The lowest BCUT2D eigenvalue weighted by Gasteiger charge is -2.34. The highest BCUT2D eigenvalue weighted by Crippen LogP contribution is 2.17. The van der Waals surface area contributed by atoms with Gasteiger partial charge in [-0.15, -0.1) is 0 Å². The first-order valence-corrected chi connectivity index (χ1v) is 10.1. The minimum atomic E-state index is 0.252. The maximum atomic E-state index is 12.4. The highest BCUT2D eigenvalue weighted by molar-refractivity contribution is 5.81. The average Bonchev–Trinajstić information content (AvgIpc) is 2.62. The van der Waals surface area contributed by atoms with Crippen molar-refractivity contribution < 1.29 is 9.53 Å². The van der Waals surface area contributed by atoms with Crippen LogP contribution < -0.4 is 5.32 Å². The highest BCUT2D eigenvalue weighted by atomic mass is 16.5. The van der Waals surface area contributed by atoms with Gasteiger partial charge in [0.1, 0.15) is 0 Å². The molecule has 2 saturated heterocycles. The van der Waals surface area contributed by atoms with E-state index in [1.165, 1.54) is 6.42 Å². The number of hydrogen-bond acceptors (Lipinski definition) is 3. The van der Waals surface area contributed by atoms with Crippen molar-refractivity contribution in [1.29, 1.82) is 0 Å². The Morgan fingerprint density at radius 2 is 1.92 bits per heavy atom. The SMILES string of the molecule is CCNC(=NCCC(=O)N1CCCCC1C)N1CCC(OCC)CC1. The van der Waals surface area contributed by atoms with Crippen molar-refractivity contribution in [2.24, 2.45) is 4.99 Å². The molecule has 1 atom stereocenters. The van der Waals surface area contributed by atoms with Crippen LogP contribution in [0.15, 0.2) is 4.99 Å². The smallest absolute Gasteiger partial charge is 0.224 e. The molecule has 144 valence electrons. The van der Waals surface area contributed by atoms with Crippen molar-refractivity contribution in [3.63, 3.8) is 0 Å². The topological polar surface area (TPSA) is 57.2 Å². The van der Waals surface area contributed by atoms with Crippen molar-refractivity contribution >= 4 is 11.9 Å². The van der Waals surface area contributed by atoms with Gasteiger partial charge in [0, 0.05) is 45.2 Å². The van der Waals surface area contributed by atoms with Crippen LogP contribution >= 0.6 is 0 Å². The molecule has 0 aromatic heterocycles. The van der Waals surface area contributed by atoms with E-state index in [2.05, 4.69) is 31.0 Å². The van der Waals surface area contributed by atoms with Gasteiger partial charge < -0.3 is 19.9 Å². The summed E-state index contributed by atoms with van der Waals surface area (Å²) in [5, 5.41) is 3.37. The Morgan fingerprint density at radius 1 is 1.16 bits per heavy atom. The molecule has 2 rings (SSSR count). The van der Waals surface area contributed by atoms with Gasteiger partial charge in [0.25, 0.3) is 0 Å². The minimum Gasteiger partial charge on any atom is -0.378 e. The van der Waals surface area contributed by atoms with Gasteiger partial charge >= 0.3 is 0 Å². The molecule has 1 N–H and O–H groups in total. The largest absolute Gasteiger partial charge is 0.378 e. The van der Waals surface area contributed by atoms with Gasteiger partial charge in [0.2, 0.25) is 5.91 Å². The van der Waals surface area contributed by atoms with E-state index in [0.29, 0.717) is 25.1 Å². The molecule has 0 aromatic carbocycles. The second-order valence-electron chi connectivity index (χ2n) is 7.06. The number of guanidine groups is 1. The quantitative estimate of drug-likeness (QED) is 0.588. The predicted octanol–water partition coefficient (Wildman–Crippen LogP) is 2.24. The lowest BCUT2D eigenvalue weighted by molar-refractivity contribution is -0.134. The fourth-order valence-electron chi connectivity index (χ4n) is 3.77. The first-order valence-electron chi connectivity index (χ1n) is 10.1. The molecule has 1 amide bonds. The van der Waals surface area contributed by atoms with E-state index in [-0.39, 0.29) is 5.91 Å². The van der Waals surface area contributed by atoms with Crippen LogP contribution in [-0.2, 0) is 9.53 Å². The summed E-state index contributed by atoms with van der Waals surface area (Å²) in [6.07, 6.45) is 6.49. The van der Waals surface area contributed by atoms with E-state index in [9.17, 15) is 4.79 Å². The molecular weight excluding hydrogens is 316 g/mol. The normalized spacial score (nSPS) is 23.0. The van der Waals surface area contributed by atoms with Gasteiger partial charge in [0.15, 0.2) is 5.96 Å². The molecule has 1 unspecified atom stereocenters. The van der Waals surface area contributed by atoms with Gasteiger partial charge in [-0.1, -0.05) is 0 Å². The second kappa shape index (κ2) is 10.6. The molecular formula is C19H36N4O2. The van der Waals surface area contributed by atoms with E-state index in [1.54, 1.807) is 0 Å². The monoisotopic (exact) mass is 352 g/mol. The van der Waals surface area contributed by atoms with E-state index in [1.807, 2.05) is 4.90 Å². The van der Waals surface area contributed by atoms with E-state index < -0.39 is 0 Å². The van der Waals surface area contributed by atoms with Crippen molar-refractivity contribution in [1.82, 2.24) is 15.1 Å². The number of piperidine rings is 2. The van der Waals surface area contributed by atoms with E-state index in [4.69, 9.17) is 9.73 Å². The minimum absolute atomic E-state index is 0.252. The Hall–Kier alpha value is -1.30. The molecule has 0 bridgehead atoms. The molecule has 2 aliphatic rings. The third-order valence-corrected chi connectivity index (χ3v) is 5.19. The molecule has 0 aliphatic carbocycles. The van der Waals surface area contributed by atoms with Crippen LogP contribution in [0.1, 0.15) is 59.3 Å². The summed E-state index contributed by atoms with van der Waals surface area (Å²) >= 11 is 0. The van der Waals surface area contributed by atoms with Crippen LogP contribution in [0.4, 0.5) is 0 Å². The molecule has 25 heavy (non-hydrogen) atoms. The van der Waals surface area contributed by atoms with Crippen molar-refractivity contribution in [2.75, 3.05) is 39.3 Å². The maximum absolute atomic E-state index is 12.4. The van der Waals surface area contributed by atoms with Crippen molar-refractivity contribution in [3.8, 4) is 0 Å². The van der Waals surface area contributed by atoms with Crippen LogP contribution in [0, 0.1) is 0 Å². The van der Waals surface area contributed by atoms with Gasteiger partial charge in [-0.25, -0.2) is 0 Å². The van der Waals surface area contributed by atoms with Crippen molar-refractivity contribution in [3.05, 3.63) is 0 Å². The third kappa shape index (κ3) is 6.17. The molecule has 2 heterocycles. The molecule has 0 saturated carbocycles. The molecule has 0 aromatic rings. The van der Waals surface area contributed by atoms with Crippen LogP contribution in [0.2, 0.25) is 0 Å². The van der Waals surface area contributed by atoms with Gasteiger partial charge in [-0.05, 0) is 52.9 Å². The summed E-state index contributed by atoms with van der Waals surface area (Å²) in [5.74, 6) is 1.19. The first-order chi connectivity index (χ1) is 12.2. The summed E-state index contributed by atoms with van der Waals surface area (Å²) in [5.41, 5.74) is 0. The fourth-order valence-corrected chi connectivity index (χ4v) is 3.77. The second-order valence-corrected chi connectivity index (χ2v) is 7.06. The Morgan fingerprint density at radius 3 is 2.56 bits per heavy atom. The molecule has 0 radical (unpaired) electrons. The third-order valence-electron chi connectivity index (χ3n) is 5.19. The van der Waals surface area contributed by atoms with Crippen LogP contribution in [-0.4, -0.2) is 73.1 Å². The Bertz CT molecular complexity index is 433. The molecule has 0 spiro atoms. The summed E-state index contributed by atoms with van der Waals surface area (Å²) in [6, 6.07) is 0.385. The molecule has 2 fully saturated rings. The fraction of sp³-hybridized carbons (Fsp3) is 0.895. The zero-order chi connectivity index (χ0) is 18.1. The standard InChI is InChI=1S/C19H36N4O2/c1-4-20-19(22-14-10-17(11-15-22)25-5-2)21-12-9-18(24)23-13-7-6-8-16(23)3/h16-17H,4-15H2,1-3H3,(H,20,21). The number of nitrogens with zero attached hydrogens (tertiary/aromatic N) is 3. The number of carbonyl (C=O) groups excluding carboxylic acids is 1. The summed E-state index contributed by atoms with van der Waals surface area (Å²) in [6.45, 7) is 11.3. The van der Waals surface area contributed by atoms with Gasteiger partial charge in [0.05, 0.1) is 12.6 Å². The van der Waals surface area contributed by atoms with Gasteiger partial charge in [-0.3, -0.25) is 9.79 Å². The first kappa shape index (κ1) is 20.0. The maximum Gasteiger partial charge on any atom is 0.224 e. The molecule has 2 aliphatic heterocycles. The van der Waals surface area contributed by atoms with E-state index in [0.717, 1.165) is 64.4 Å². The van der Waals surface area contributed by atoms with Crippen LogP contribution in [0.3, 0.4) is 0 Å². The number of ether oxygens (including phenoxy) is 1. The average molecular weight is 353 g/mol. The Kier molecular flexibility index (Phi) is 8.52. The molecule has 6 nitrogen and oxygen atoms in total. The zero-order valence-corrected chi connectivity index (χ0v) is 16.3. The number of rotatable bonds is 6. The van der Waals surface area contributed by atoms with Crippen molar-refractivity contribution in [2.45, 2.75) is 71.4 Å². The lowest BCUT2D eigenvalue weighted by atomic mass is 10.0. The number of nitrogens with one attached hydrogen (secondary N) is 1.